The minimum Gasteiger partial charge on any atom is -0.356 e. The molecule has 2 rings (SSSR count). The lowest BCUT2D eigenvalue weighted by Crippen LogP contribution is -2.41. The first-order valence-electron chi connectivity index (χ1n) is 6.26. The standard InChI is InChI=1S/C15H18N2O2/c1-15(2,3)16-14(18)10-12-9-13(19-17-12)11-7-5-4-6-8-11/h4-9H,10H2,1-3H3,(H,16,18). The topological polar surface area (TPSA) is 55.1 Å². The van der Waals surface area contributed by atoms with Gasteiger partial charge in [0.1, 0.15) is 0 Å². The zero-order chi connectivity index (χ0) is 13.9. The van der Waals surface area contributed by atoms with Crippen molar-refractivity contribution in [3.63, 3.8) is 0 Å². The molecule has 0 aliphatic rings. The van der Waals surface area contributed by atoms with Crippen LogP contribution < -0.4 is 5.32 Å². The molecule has 19 heavy (non-hydrogen) atoms. The summed E-state index contributed by atoms with van der Waals surface area (Å²) in [6.07, 6.45) is 0.230. The second-order valence-electron chi connectivity index (χ2n) is 5.52. The molecule has 0 radical (unpaired) electrons. The van der Waals surface area contributed by atoms with Gasteiger partial charge in [0.15, 0.2) is 5.76 Å². The summed E-state index contributed by atoms with van der Waals surface area (Å²) in [6, 6.07) is 11.5. The van der Waals surface area contributed by atoms with Gasteiger partial charge < -0.3 is 9.84 Å². The average Bonchev–Trinajstić information content (AvgIpc) is 2.76. The van der Waals surface area contributed by atoms with Gasteiger partial charge in [0.25, 0.3) is 0 Å². The van der Waals surface area contributed by atoms with Crippen LogP contribution in [0.3, 0.4) is 0 Å². The van der Waals surface area contributed by atoms with Crippen molar-refractivity contribution in [2.75, 3.05) is 0 Å². The van der Waals surface area contributed by atoms with E-state index in [1.54, 1.807) is 6.07 Å². The molecule has 4 nitrogen and oxygen atoms in total. The van der Waals surface area contributed by atoms with Crippen LogP contribution in [0.25, 0.3) is 11.3 Å². The minimum atomic E-state index is -0.233. The third-order valence-electron chi connectivity index (χ3n) is 2.47. The van der Waals surface area contributed by atoms with Gasteiger partial charge in [-0.05, 0) is 20.8 Å². The van der Waals surface area contributed by atoms with E-state index in [1.165, 1.54) is 0 Å². The molecule has 0 aliphatic heterocycles. The summed E-state index contributed by atoms with van der Waals surface area (Å²) < 4.78 is 5.25. The number of nitrogens with one attached hydrogen (secondary N) is 1. The molecular formula is C15H18N2O2. The number of hydrogen-bond donors (Lipinski definition) is 1. The van der Waals surface area contributed by atoms with Gasteiger partial charge in [-0.2, -0.15) is 0 Å². The zero-order valence-electron chi connectivity index (χ0n) is 11.4. The Kier molecular flexibility index (Phi) is 3.69. The van der Waals surface area contributed by atoms with Crippen molar-refractivity contribution in [3.8, 4) is 11.3 Å². The van der Waals surface area contributed by atoms with Crippen molar-refractivity contribution < 1.29 is 9.32 Å². The molecule has 1 heterocycles. The van der Waals surface area contributed by atoms with Gasteiger partial charge in [-0.1, -0.05) is 35.5 Å². The van der Waals surface area contributed by atoms with E-state index in [0.29, 0.717) is 11.5 Å². The molecule has 0 atom stereocenters. The molecule has 1 amide bonds. The highest BCUT2D eigenvalue weighted by Crippen LogP contribution is 2.19. The maximum Gasteiger partial charge on any atom is 0.226 e. The lowest BCUT2D eigenvalue weighted by molar-refractivity contribution is -0.121. The summed E-state index contributed by atoms with van der Waals surface area (Å²) in [7, 11) is 0. The van der Waals surface area contributed by atoms with Crippen LogP contribution in [0.1, 0.15) is 26.5 Å². The van der Waals surface area contributed by atoms with Crippen molar-refractivity contribution in [1.29, 1.82) is 0 Å². The van der Waals surface area contributed by atoms with Crippen LogP contribution in [-0.2, 0) is 11.2 Å². The van der Waals surface area contributed by atoms with Crippen LogP contribution in [0.5, 0.6) is 0 Å². The quantitative estimate of drug-likeness (QED) is 0.921. The van der Waals surface area contributed by atoms with Crippen LogP contribution in [-0.4, -0.2) is 16.6 Å². The van der Waals surface area contributed by atoms with Gasteiger partial charge in [0, 0.05) is 17.2 Å². The molecule has 100 valence electrons. The first kappa shape index (κ1) is 13.3. The fourth-order valence-corrected chi connectivity index (χ4v) is 1.76. The highest BCUT2D eigenvalue weighted by atomic mass is 16.5. The average molecular weight is 258 g/mol. The molecule has 1 N–H and O–H groups in total. The molecule has 0 spiro atoms. The largest absolute Gasteiger partial charge is 0.356 e. The predicted octanol–water partition coefficient (Wildman–Crippen LogP) is 2.80. The van der Waals surface area contributed by atoms with Crippen LogP contribution in [0, 0.1) is 0 Å². The van der Waals surface area contributed by atoms with Crippen molar-refractivity contribution >= 4 is 5.91 Å². The highest BCUT2D eigenvalue weighted by Gasteiger charge is 2.16. The third kappa shape index (κ3) is 3.95. The Labute approximate surface area is 112 Å². The fourth-order valence-electron chi connectivity index (χ4n) is 1.76. The number of amides is 1. The Hall–Kier alpha value is -2.10. The van der Waals surface area contributed by atoms with Crippen molar-refractivity contribution in [3.05, 3.63) is 42.1 Å². The number of carbonyl (C=O) groups excluding carboxylic acids is 1. The predicted molar refractivity (Wildman–Crippen MR) is 73.5 cm³/mol. The third-order valence-corrected chi connectivity index (χ3v) is 2.47. The van der Waals surface area contributed by atoms with E-state index in [0.717, 1.165) is 5.56 Å². The minimum absolute atomic E-state index is 0.0552. The van der Waals surface area contributed by atoms with Crippen LogP contribution in [0.4, 0.5) is 0 Å². The second kappa shape index (κ2) is 5.26. The Morgan fingerprint density at radius 1 is 1.26 bits per heavy atom. The van der Waals surface area contributed by atoms with Gasteiger partial charge in [-0.3, -0.25) is 4.79 Å². The number of rotatable bonds is 3. The summed E-state index contributed by atoms with van der Waals surface area (Å²) in [5, 5.41) is 6.82. The molecule has 0 aliphatic carbocycles. The molecule has 0 bridgehead atoms. The summed E-state index contributed by atoms with van der Waals surface area (Å²) in [6.45, 7) is 5.84. The highest BCUT2D eigenvalue weighted by molar-refractivity contribution is 5.79. The van der Waals surface area contributed by atoms with Gasteiger partial charge in [0.05, 0.1) is 12.1 Å². The van der Waals surface area contributed by atoms with Gasteiger partial charge >= 0.3 is 0 Å². The van der Waals surface area contributed by atoms with Crippen LogP contribution >= 0.6 is 0 Å². The second-order valence-corrected chi connectivity index (χ2v) is 5.52. The van der Waals surface area contributed by atoms with E-state index in [2.05, 4.69) is 10.5 Å². The zero-order valence-corrected chi connectivity index (χ0v) is 11.4. The van der Waals surface area contributed by atoms with Gasteiger partial charge in [-0.15, -0.1) is 0 Å². The monoisotopic (exact) mass is 258 g/mol. The van der Waals surface area contributed by atoms with Gasteiger partial charge in [-0.25, -0.2) is 0 Å². The number of nitrogens with zero attached hydrogens (tertiary/aromatic N) is 1. The van der Waals surface area contributed by atoms with Gasteiger partial charge in [0.2, 0.25) is 5.91 Å². The lowest BCUT2D eigenvalue weighted by atomic mass is 10.1. The number of hydrogen-bond acceptors (Lipinski definition) is 3. The van der Waals surface area contributed by atoms with Crippen molar-refractivity contribution in [2.24, 2.45) is 0 Å². The normalized spacial score (nSPS) is 11.3. The summed E-state index contributed by atoms with van der Waals surface area (Å²) in [5.41, 5.74) is 1.36. The van der Waals surface area contributed by atoms with Crippen molar-refractivity contribution in [2.45, 2.75) is 32.7 Å². The molecule has 1 aromatic heterocycles. The molecule has 0 fully saturated rings. The van der Waals surface area contributed by atoms with Crippen molar-refractivity contribution in [1.82, 2.24) is 10.5 Å². The molecule has 1 aromatic carbocycles. The molecule has 0 saturated heterocycles. The summed E-state index contributed by atoms with van der Waals surface area (Å²) in [5.74, 6) is 0.625. The summed E-state index contributed by atoms with van der Waals surface area (Å²) in [4.78, 5) is 11.8. The molecule has 0 saturated carbocycles. The maximum atomic E-state index is 11.8. The maximum absolute atomic E-state index is 11.8. The van der Waals surface area contributed by atoms with E-state index in [1.807, 2.05) is 51.1 Å². The number of carbonyl (C=O) groups is 1. The SMILES string of the molecule is CC(C)(C)NC(=O)Cc1cc(-c2ccccc2)on1. The van der Waals surface area contributed by atoms with E-state index in [-0.39, 0.29) is 17.9 Å². The Bertz CT molecular complexity index is 553. The molecule has 2 aromatic rings. The van der Waals surface area contributed by atoms with Crippen LogP contribution in [0.15, 0.2) is 40.9 Å². The molecule has 0 unspecified atom stereocenters. The number of aromatic nitrogens is 1. The fraction of sp³-hybridized carbons (Fsp3) is 0.333. The van der Waals surface area contributed by atoms with E-state index in [9.17, 15) is 4.79 Å². The first-order chi connectivity index (χ1) is 8.94. The van der Waals surface area contributed by atoms with Crippen LogP contribution in [0.2, 0.25) is 0 Å². The smallest absolute Gasteiger partial charge is 0.226 e. The van der Waals surface area contributed by atoms with E-state index >= 15 is 0 Å². The van der Waals surface area contributed by atoms with E-state index < -0.39 is 0 Å². The Morgan fingerprint density at radius 3 is 2.58 bits per heavy atom. The Morgan fingerprint density at radius 2 is 1.95 bits per heavy atom. The Balaban J connectivity index is 2.04. The van der Waals surface area contributed by atoms with E-state index in [4.69, 9.17) is 4.52 Å². The summed E-state index contributed by atoms with van der Waals surface area (Å²) >= 11 is 0. The first-order valence-corrected chi connectivity index (χ1v) is 6.26. The molecule has 4 heteroatoms. The lowest BCUT2D eigenvalue weighted by Gasteiger charge is -2.19. The molecular weight excluding hydrogens is 240 g/mol. The number of benzene rings is 1.